The van der Waals surface area contributed by atoms with Gasteiger partial charge in [0.25, 0.3) is 0 Å². The molecule has 2 rings (SSSR count). The van der Waals surface area contributed by atoms with Gasteiger partial charge in [0.2, 0.25) is 5.78 Å². The lowest BCUT2D eigenvalue weighted by Gasteiger charge is -1.99. The van der Waals surface area contributed by atoms with Crippen molar-refractivity contribution in [2.75, 3.05) is 0 Å². The van der Waals surface area contributed by atoms with Crippen LogP contribution in [0.5, 0.6) is 0 Å². The van der Waals surface area contributed by atoms with Crippen LogP contribution < -0.4 is 0 Å². The Balaban J connectivity index is 2.43. The van der Waals surface area contributed by atoms with E-state index in [-0.39, 0.29) is 5.78 Å². The van der Waals surface area contributed by atoms with Gasteiger partial charge in [0.15, 0.2) is 0 Å². The first-order valence-electron chi connectivity index (χ1n) is 4.98. The number of aromatic nitrogens is 2. The molecule has 0 amide bonds. The molecule has 0 aliphatic heterocycles. The Morgan fingerprint density at radius 2 is 2.00 bits per heavy atom. The van der Waals surface area contributed by atoms with Crippen LogP contribution in [0.25, 0.3) is 0 Å². The van der Waals surface area contributed by atoms with E-state index in [9.17, 15) is 4.79 Å². The van der Waals surface area contributed by atoms with Gasteiger partial charge >= 0.3 is 0 Å². The van der Waals surface area contributed by atoms with Crippen molar-refractivity contribution in [3.63, 3.8) is 0 Å². The highest BCUT2D eigenvalue weighted by molar-refractivity contribution is 7.14. The van der Waals surface area contributed by atoms with Gasteiger partial charge in [-0.05, 0) is 32.4 Å². The van der Waals surface area contributed by atoms with Crippen molar-refractivity contribution >= 4 is 17.1 Å². The zero-order chi connectivity index (χ0) is 11.7. The van der Waals surface area contributed by atoms with E-state index in [0.29, 0.717) is 10.4 Å². The minimum Gasteiger partial charge on any atom is -0.288 e. The second kappa shape index (κ2) is 4.14. The molecular formula is C12H12N2OS. The fourth-order valence-electron chi connectivity index (χ4n) is 1.55. The monoisotopic (exact) mass is 232 g/mol. The molecule has 2 aromatic heterocycles. The van der Waals surface area contributed by atoms with Crippen molar-refractivity contribution < 1.29 is 4.79 Å². The van der Waals surface area contributed by atoms with Crippen molar-refractivity contribution in [2.24, 2.45) is 0 Å². The van der Waals surface area contributed by atoms with E-state index < -0.39 is 0 Å². The van der Waals surface area contributed by atoms with Crippen LogP contribution in [0.2, 0.25) is 0 Å². The number of hydrogen-bond donors (Lipinski definition) is 0. The predicted molar refractivity (Wildman–Crippen MR) is 64.0 cm³/mol. The summed E-state index contributed by atoms with van der Waals surface area (Å²) in [7, 11) is 0. The van der Waals surface area contributed by atoms with E-state index in [1.807, 2.05) is 26.8 Å². The summed E-state index contributed by atoms with van der Waals surface area (Å²) in [5, 5.41) is 0.918. The SMILES string of the molecule is Cc1cncc(C(=O)c2sc(C)nc2C)c1. The first-order valence-corrected chi connectivity index (χ1v) is 5.80. The minimum absolute atomic E-state index is 0.0132. The molecule has 3 nitrogen and oxygen atoms in total. The Morgan fingerprint density at radius 3 is 2.56 bits per heavy atom. The van der Waals surface area contributed by atoms with E-state index in [1.54, 1.807) is 12.4 Å². The fourth-order valence-corrected chi connectivity index (χ4v) is 2.43. The molecule has 0 saturated carbocycles. The smallest absolute Gasteiger partial charge is 0.206 e. The average Bonchev–Trinajstić information content (AvgIpc) is 2.57. The number of carbonyl (C=O) groups excluding carboxylic acids is 1. The summed E-state index contributed by atoms with van der Waals surface area (Å²) < 4.78 is 0. The molecule has 2 heterocycles. The second-order valence-electron chi connectivity index (χ2n) is 3.73. The lowest BCUT2D eigenvalue weighted by atomic mass is 10.1. The third-order valence-electron chi connectivity index (χ3n) is 2.25. The van der Waals surface area contributed by atoms with Crippen molar-refractivity contribution in [1.82, 2.24) is 9.97 Å². The lowest BCUT2D eigenvalue weighted by Crippen LogP contribution is -2.01. The maximum atomic E-state index is 12.2. The minimum atomic E-state index is 0.0132. The predicted octanol–water partition coefficient (Wildman–Crippen LogP) is 2.69. The van der Waals surface area contributed by atoms with Gasteiger partial charge in [0.05, 0.1) is 15.6 Å². The molecule has 4 heteroatoms. The van der Waals surface area contributed by atoms with E-state index in [1.165, 1.54) is 11.3 Å². The first-order chi connectivity index (χ1) is 7.58. The molecule has 0 aromatic carbocycles. The molecule has 0 radical (unpaired) electrons. The van der Waals surface area contributed by atoms with E-state index in [4.69, 9.17) is 0 Å². The number of pyridine rings is 1. The Hall–Kier alpha value is -1.55. The van der Waals surface area contributed by atoms with Crippen molar-refractivity contribution in [1.29, 1.82) is 0 Å². The molecular weight excluding hydrogens is 220 g/mol. The summed E-state index contributed by atoms with van der Waals surface area (Å²) in [5.41, 5.74) is 2.42. The van der Waals surface area contributed by atoms with Crippen molar-refractivity contribution in [3.8, 4) is 0 Å². The number of rotatable bonds is 2. The van der Waals surface area contributed by atoms with E-state index >= 15 is 0 Å². The van der Waals surface area contributed by atoms with Crippen LogP contribution in [0, 0.1) is 20.8 Å². The molecule has 0 bridgehead atoms. The molecule has 2 aromatic rings. The summed E-state index contributed by atoms with van der Waals surface area (Å²) >= 11 is 1.43. The largest absolute Gasteiger partial charge is 0.288 e. The maximum absolute atomic E-state index is 12.2. The Kier molecular flexibility index (Phi) is 2.83. The summed E-state index contributed by atoms with van der Waals surface area (Å²) in [6, 6.07) is 1.85. The molecule has 0 fully saturated rings. The van der Waals surface area contributed by atoms with Crippen LogP contribution in [0.4, 0.5) is 0 Å². The van der Waals surface area contributed by atoms with Crippen LogP contribution in [-0.4, -0.2) is 15.8 Å². The molecule has 0 aliphatic carbocycles. The average molecular weight is 232 g/mol. The van der Waals surface area contributed by atoms with Gasteiger partial charge in [-0.3, -0.25) is 9.78 Å². The second-order valence-corrected chi connectivity index (χ2v) is 4.93. The normalized spacial score (nSPS) is 10.4. The quantitative estimate of drug-likeness (QED) is 0.748. The van der Waals surface area contributed by atoms with Crippen LogP contribution in [0.15, 0.2) is 18.5 Å². The Labute approximate surface area is 98.2 Å². The van der Waals surface area contributed by atoms with Gasteiger partial charge < -0.3 is 0 Å². The fraction of sp³-hybridized carbons (Fsp3) is 0.250. The van der Waals surface area contributed by atoms with Gasteiger partial charge in [-0.15, -0.1) is 11.3 Å². The highest BCUT2D eigenvalue weighted by Gasteiger charge is 2.15. The molecule has 0 unspecified atom stereocenters. The molecule has 0 N–H and O–H groups in total. The number of thiazole rings is 1. The lowest BCUT2D eigenvalue weighted by molar-refractivity contribution is 0.104. The zero-order valence-corrected chi connectivity index (χ0v) is 10.3. The van der Waals surface area contributed by atoms with Crippen molar-refractivity contribution in [3.05, 3.63) is 45.2 Å². The zero-order valence-electron chi connectivity index (χ0n) is 9.44. The van der Waals surface area contributed by atoms with E-state index in [0.717, 1.165) is 16.3 Å². The van der Waals surface area contributed by atoms with Crippen LogP contribution in [0.3, 0.4) is 0 Å². The van der Waals surface area contributed by atoms with Gasteiger partial charge in [0.1, 0.15) is 0 Å². The third-order valence-corrected chi connectivity index (χ3v) is 3.32. The van der Waals surface area contributed by atoms with Crippen LogP contribution >= 0.6 is 11.3 Å². The standard InChI is InChI=1S/C12H12N2OS/c1-7-4-10(6-13-5-7)11(15)12-8(2)14-9(3)16-12/h4-6H,1-3H3. The number of nitrogens with zero attached hydrogens (tertiary/aromatic N) is 2. The van der Waals surface area contributed by atoms with Gasteiger partial charge in [-0.25, -0.2) is 4.98 Å². The highest BCUT2D eigenvalue weighted by atomic mass is 32.1. The van der Waals surface area contributed by atoms with E-state index in [2.05, 4.69) is 9.97 Å². The first kappa shape index (κ1) is 11.0. The molecule has 0 atom stereocenters. The Morgan fingerprint density at radius 1 is 1.25 bits per heavy atom. The molecule has 82 valence electrons. The summed E-state index contributed by atoms with van der Waals surface area (Å²) in [6.07, 6.45) is 3.34. The highest BCUT2D eigenvalue weighted by Crippen LogP contribution is 2.20. The van der Waals surface area contributed by atoms with Crippen molar-refractivity contribution in [2.45, 2.75) is 20.8 Å². The van der Waals surface area contributed by atoms with Crippen LogP contribution in [0.1, 0.15) is 31.5 Å². The molecule has 16 heavy (non-hydrogen) atoms. The van der Waals surface area contributed by atoms with Gasteiger partial charge in [0, 0.05) is 18.0 Å². The maximum Gasteiger partial charge on any atom is 0.206 e. The third kappa shape index (κ3) is 2.02. The molecule has 0 saturated heterocycles. The summed E-state index contributed by atoms with van der Waals surface area (Å²) in [5.74, 6) is 0.0132. The number of carbonyl (C=O) groups is 1. The van der Waals surface area contributed by atoms with Gasteiger partial charge in [-0.2, -0.15) is 0 Å². The number of aryl methyl sites for hydroxylation is 3. The number of hydrogen-bond acceptors (Lipinski definition) is 4. The Bertz CT molecular complexity index is 546. The van der Waals surface area contributed by atoms with Crippen LogP contribution in [-0.2, 0) is 0 Å². The summed E-state index contributed by atoms with van der Waals surface area (Å²) in [4.78, 5) is 21.2. The molecule has 0 aliphatic rings. The van der Waals surface area contributed by atoms with Gasteiger partial charge in [-0.1, -0.05) is 0 Å². The number of ketones is 1. The summed E-state index contributed by atoms with van der Waals surface area (Å²) in [6.45, 7) is 5.69. The topological polar surface area (TPSA) is 42.9 Å². The molecule has 0 spiro atoms.